The maximum Gasteiger partial charge on any atom is 0.513 e. The molecule has 0 amide bonds. The summed E-state index contributed by atoms with van der Waals surface area (Å²) in [5.74, 6) is 1.50. The lowest BCUT2D eigenvalue weighted by Gasteiger charge is -2.29. The third-order valence-corrected chi connectivity index (χ3v) is 5.91. The molecule has 0 aliphatic heterocycles. The van der Waals surface area contributed by atoms with Crippen LogP contribution in [0.2, 0.25) is 0 Å². The van der Waals surface area contributed by atoms with Gasteiger partial charge in [0.25, 0.3) is 0 Å². The molecule has 0 N–H and O–H groups in total. The van der Waals surface area contributed by atoms with E-state index in [1.165, 1.54) is 32.1 Å². The number of carbonyl (C=O) groups excluding carboxylic acids is 1. The Balaban J connectivity index is 1.63. The molecular formula is C25H31FO3. The van der Waals surface area contributed by atoms with Crippen molar-refractivity contribution in [3.05, 3.63) is 53.8 Å². The van der Waals surface area contributed by atoms with Crippen LogP contribution in [0.5, 0.6) is 5.75 Å². The van der Waals surface area contributed by atoms with Gasteiger partial charge in [-0.15, -0.1) is 0 Å². The van der Waals surface area contributed by atoms with Crippen LogP contribution in [-0.2, 0) is 4.74 Å². The Bertz CT molecular complexity index is 792. The van der Waals surface area contributed by atoms with E-state index in [2.05, 4.69) is 13.0 Å². The molecule has 0 aromatic heterocycles. The highest BCUT2D eigenvalue weighted by Gasteiger charge is 2.22. The van der Waals surface area contributed by atoms with Gasteiger partial charge in [-0.1, -0.05) is 50.5 Å². The van der Waals surface area contributed by atoms with E-state index in [-0.39, 0.29) is 12.4 Å². The standard InChI is InChI=1S/C25H31FO3/c1-3-5-6-18-7-9-19(10-8-18)21-13-16-23(24(26)17-21)20-11-14-22(15-12-20)29-25(27)28-4-2/h11-19H,3-10H2,1-2H3/t18-,19-. The third-order valence-electron chi connectivity index (χ3n) is 5.91. The molecule has 4 heteroatoms. The highest BCUT2D eigenvalue weighted by atomic mass is 19.1. The molecule has 1 saturated carbocycles. The molecule has 1 fully saturated rings. The van der Waals surface area contributed by atoms with Crippen LogP contribution in [0.4, 0.5) is 9.18 Å². The summed E-state index contributed by atoms with van der Waals surface area (Å²) in [5.41, 5.74) is 2.43. The van der Waals surface area contributed by atoms with Crippen molar-refractivity contribution in [2.75, 3.05) is 6.61 Å². The molecule has 0 radical (unpaired) electrons. The second kappa shape index (κ2) is 10.4. The molecule has 2 aromatic carbocycles. The lowest BCUT2D eigenvalue weighted by Crippen LogP contribution is -2.13. The summed E-state index contributed by atoms with van der Waals surface area (Å²) in [6, 6.07) is 12.5. The van der Waals surface area contributed by atoms with Crippen molar-refractivity contribution in [3.63, 3.8) is 0 Å². The lowest BCUT2D eigenvalue weighted by atomic mass is 9.77. The van der Waals surface area contributed by atoms with Gasteiger partial charge in [0, 0.05) is 5.56 Å². The van der Waals surface area contributed by atoms with Crippen molar-refractivity contribution in [1.29, 1.82) is 0 Å². The summed E-state index contributed by atoms with van der Waals surface area (Å²) >= 11 is 0. The summed E-state index contributed by atoms with van der Waals surface area (Å²) in [6.07, 6.45) is 8.03. The Morgan fingerprint density at radius 3 is 2.38 bits per heavy atom. The van der Waals surface area contributed by atoms with Gasteiger partial charge in [-0.05, 0) is 73.8 Å². The third kappa shape index (κ3) is 5.81. The van der Waals surface area contributed by atoms with Gasteiger partial charge in [-0.2, -0.15) is 0 Å². The number of hydrogen-bond acceptors (Lipinski definition) is 3. The molecule has 0 heterocycles. The predicted octanol–water partition coefficient (Wildman–Crippen LogP) is 7.49. The number of rotatable bonds is 7. The molecule has 156 valence electrons. The topological polar surface area (TPSA) is 35.5 Å². The molecule has 0 bridgehead atoms. The minimum absolute atomic E-state index is 0.199. The average Bonchev–Trinajstić information content (AvgIpc) is 2.73. The quantitative estimate of drug-likeness (QED) is 0.358. The maximum absolute atomic E-state index is 14.8. The van der Waals surface area contributed by atoms with Gasteiger partial charge >= 0.3 is 6.16 Å². The summed E-state index contributed by atoms with van der Waals surface area (Å²) in [4.78, 5) is 11.4. The fraction of sp³-hybridized carbons (Fsp3) is 0.480. The first-order valence-electron chi connectivity index (χ1n) is 10.8. The Morgan fingerprint density at radius 2 is 1.76 bits per heavy atom. The normalized spacial score (nSPS) is 19.0. The van der Waals surface area contributed by atoms with Crippen LogP contribution in [0.1, 0.15) is 70.3 Å². The van der Waals surface area contributed by atoms with E-state index < -0.39 is 6.16 Å². The molecule has 1 aliphatic rings. The van der Waals surface area contributed by atoms with Crippen molar-refractivity contribution in [3.8, 4) is 16.9 Å². The molecule has 3 rings (SSSR count). The van der Waals surface area contributed by atoms with Crippen LogP contribution in [0.15, 0.2) is 42.5 Å². The number of hydrogen-bond donors (Lipinski definition) is 0. The highest BCUT2D eigenvalue weighted by Crippen LogP contribution is 2.38. The molecule has 1 aliphatic carbocycles. The summed E-state index contributed by atoms with van der Waals surface area (Å²) in [6.45, 7) is 4.22. The van der Waals surface area contributed by atoms with E-state index in [0.29, 0.717) is 17.2 Å². The minimum Gasteiger partial charge on any atom is -0.434 e. The smallest absolute Gasteiger partial charge is 0.434 e. The van der Waals surface area contributed by atoms with Crippen LogP contribution in [0, 0.1) is 11.7 Å². The van der Waals surface area contributed by atoms with E-state index in [1.54, 1.807) is 37.3 Å². The maximum atomic E-state index is 14.8. The molecular weight excluding hydrogens is 367 g/mol. The van der Waals surface area contributed by atoms with E-state index in [9.17, 15) is 9.18 Å². The molecule has 3 nitrogen and oxygen atoms in total. The van der Waals surface area contributed by atoms with Crippen LogP contribution in [-0.4, -0.2) is 12.8 Å². The largest absolute Gasteiger partial charge is 0.513 e. The Hall–Kier alpha value is -2.36. The Labute approximate surface area is 173 Å². The molecule has 0 atom stereocenters. The second-order valence-corrected chi connectivity index (χ2v) is 7.91. The zero-order chi connectivity index (χ0) is 20.6. The van der Waals surface area contributed by atoms with Crippen LogP contribution in [0.25, 0.3) is 11.1 Å². The number of halogens is 1. The zero-order valence-electron chi connectivity index (χ0n) is 17.5. The van der Waals surface area contributed by atoms with Crippen molar-refractivity contribution < 1.29 is 18.7 Å². The van der Waals surface area contributed by atoms with E-state index in [4.69, 9.17) is 9.47 Å². The minimum atomic E-state index is -0.736. The Morgan fingerprint density at radius 1 is 1.03 bits per heavy atom. The molecule has 0 spiro atoms. The van der Waals surface area contributed by atoms with Gasteiger partial charge in [0.05, 0.1) is 6.61 Å². The van der Waals surface area contributed by atoms with E-state index in [0.717, 1.165) is 29.9 Å². The summed E-state index contributed by atoms with van der Waals surface area (Å²) in [7, 11) is 0. The van der Waals surface area contributed by atoms with Crippen molar-refractivity contribution in [2.45, 2.75) is 64.7 Å². The van der Waals surface area contributed by atoms with E-state index in [1.807, 2.05) is 6.07 Å². The summed E-state index contributed by atoms with van der Waals surface area (Å²) < 4.78 is 24.6. The SMILES string of the molecule is CCCC[C@H]1CC[C@H](c2ccc(-c3ccc(OC(=O)OCC)cc3)c(F)c2)CC1. The monoisotopic (exact) mass is 398 g/mol. The van der Waals surface area contributed by atoms with E-state index >= 15 is 0 Å². The van der Waals surface area contributed by atoms with Gasteiger partial charge in [-0.3, -0.25) is 0 Å². The fourth-order valence-corrected chi connectivity index (χ4v) is 4.24. The number of carbonyl (C=O) groups is 1. The fourth-order valence-electron chi connectivity index (χ4n) is 4.24. The van der Waals surface area contributed by atoms with Gasteiger partial charge < -0.3 is 9.47 Å². The van der Waals surface area contributed by atoms with Gasteiger partial charge in [0.2, 0.25) is 0 Å². The van der Waals surface area contributed by atoms with Gasteiger partial charge in [-0.25, -0.2) is 9.18 Å². The zero-order valence-corrected chi connectivity index (χ0v) is 17.5. The molecule has 0 unspecified atom stereocenters. The number of unbranched alkanes of at least 4 members (excludes halogenated alkanes) is 1. The van der Waals surface area contributed by atoms with Gasteiger partial charge in [0.15, 0.2) is 0 Å². The average molecular weight is 399 g/mol. The first-order valence-corrected chi connectivity index (χ1v) is 10.8. The van der Waals surface area contributed by atoms with Gasteiger partial charge in [0.1, 0.15) is 11.6 Å². The van der Waals surface area contributed by atoms with Crippen molar-refractivity contribution in [1.82, 2.24) is 0 Å². The molecule has 29 heavy (non-hydrogen) atoms. The number of ether oxygens (including phenoxy) is 2. The predicted molar refractivity (Wildman–Crippen MR) is 114 cm³/mol. The molecule has 0 saturated heterocycles. The van der Waals surface area contributed by atoms with Crippen molar-refractivity contribution in [2.24, 2.45) is 5.92 Å². The van der Waals surface area contributed by atoms with Crippen molar-refractivity contribution >= 4 is 6.16 Å². The Kier molecular flexibility index (Phi) is 7.68. The van der Waals surface area contributed by atoms with Crippen LogP contribution < -0.4 is 4.74 Å². The first-order chi connectivity index (χ1) is 14.1. The first kappa shape index (κ1) is 21.4. The van der Waals surface area contributed by atoms with Crippen LogP contribution >= 0.6 is 0 Å². The number of benzene rings is 2. The molecule has 2 aromatic rings. The highest BCUT2D eigenvalue weighted by molar-refractivity contribution is 5.67. The summed E-state index contributed by atoms with van der Waals surface area (Å²) in [5, 5.41) is 0. The van der Waals surface area contributed by atoms with Crippen LogP contribution in [0.3, 0.4) is 0 Å². The lowest BCUT2D eigenvalue weighted by molar-refractivity contribution is 0.104. The second-order valence-electron chi connectivity index (χ2n) is 7.91.